The summed E-state index contributed by atoms with van der Waals surface area (Å²) in [6.45, 7) is 1.62. The molecule has 0 radical (unpaired) electrons. The van der Waals surface area contributed by atoms with Gasteiger partial charge < -0.3 is 15.5 Å². The summed E-state index contributed by atoms with van der Waals surface area (Å²) < 4.78 is 0. The predicted molar refractivity (Wildman–Crippen MR) is 77.7 cm³/mol. The van der Waals surface area contributed by atoms with E-state index in [4.69, 9.17) is 0 Å². The van der Waals surface area contributed by atoms with Crippen molar-refractivity contribution in [2.45, 2.75) is 31.7 Å². The molecule has 2 aliphatic heterocycles. The van der Waals surface area contributed by atoms with Gasteiger partial charge in [-0.15, -0.1) is 0 Å². The van der Waals surface area contributed by atoms with Crippen LogP contribution in [0.15, 0.2) is 24.3 Å². The Morgan fingerprint density at radius 1 is 1.30 bits per heavy atom. The summed E-state index contributed by atoms with van der Waals surface area (Å²) in [5.74, 6) is 0.118. The molecule has 0 aliphatic carbocycles. The molecule has 1 aromatic carbocycles. The zero-order valence-electron chi connectivity index (χ0n) is 11.4. The molecule has 5 heteroatoms. The van der Waals surface area contributed by atoms with Crippen molar-refractivity contribution in [2.24, 2.45) is 0 Å². The molecular formula is C15H19N3O2. The number of hydrogen-bond acceptors (Lipinski definition) is 3. The second kappa shape index (κ2) is 5.63. The summed E-state index contributed by atoms with van der Waals surface area (Å²) in [5, 5.41) is 6.14. The number of rotatable bonds is 3. The molecule has 1 aromatic rings. The molecular weight excluding hydrogens is 254 g/mol. The Morgan fingerprint density at radius 3 is 2.85 bits per heavy atom. The van der Waals surface area contributed by atoms with E-state index in [-0.39, 0.29) is 17.9 Å². The van der Waals surface area contributed by atoms with Gasteiger partial charge in [-0.05, 0) is 37.9 Å². The first-order valence-electron chi connectivity index (χ1n) is 7.19. The maximum absolute atomic E-state index is 12.2. The van der Waals surface area contributed by atoms with E-state index in [1.165, 1.54) is 0 Å². The molecule has 0 bridgehead atoms. The maximum Gasteiger partial charge on any atom is 0.241 e. The summed E-state index contributed by atoms with van der Waals surface area (Å²) in [6, 6.07) is 7.40. The Bertz CT molecular complexity index is 524. The highest BCUT2D eigenvalue weighted by Gasteiger charge is 2.26. The van der Waals surface area contributed by atoms with Gasteiger partial charge in [0, 0.05) is 13.0 Å². The lowest BCUT2D eigenvalue weighted by Crippen LogP contribution is -2.36. The van der Waals surface area contributed by atoms with Crippen LogP contribution in [0.3, 0.4) is 0 Å². The van der Waals surface area contributed by atoms with Crippen molar-refractivity contribution >= 4 is 23.2 Å². The minimum atomic E-state index is -0.114. The van der Waals surface area contributed by atoms with Crippen molar-refractivity contribution in [2.75, 3.05) is 23.3 Å². The summed E-state index contributed by atoms with van der Waals surface area (Å²) in [6.07, 6.45) is 3.37. The second-order valence-electron chi connectivity index (χ2n) is 5.30. The Kier molecular flexibility index (Phi) is 3.69. The molecule has 20 heavy (non-hydrogen) atoms. The molecule has 0 saturated carbocycles. The van der Waals surface area contributed by atoms with Gasteiger partial charge in [0.1, 0.15) is 0 Å². The van der Waals surface area contributed by atoms with Crippen LogP contribution in [0.25, 0.3) is 0 Å². The Balaban J connectivity index is 1.79. The van der Waals surface area contributed by atoms with Crippen molar-refractivity contribution in [3.63, 3.8) is 0 Å². The van der Waals surface area contributed by atoms with Crippen molar-refractivity contribution in [1.82, 2.24) is 5.32 Å². The monoisotopic (exact) mass is 273 g/mol. The lowest BCUT2D eigenvalue weighted by molar-refractivity contribution is -0.118. The molecule has 3 rings (SSSR count). The lowest BCUT2D eigenvalue weighted by atomic mass is 10.2. The Morgan fingerprint density at radius 2 is 2.15 bits per heavy atom. The zero-order valence-corrected chi connectivity index (χ0v) is 11.4. The Hall–Kier alpha value is -1.88. The van der Waals surface area contributed by atoms with Crippen molar-refractivity contribution in [3.8, 4) is 0 Å². The maximum atomic E-state index is 12.2. The fraction of sp³-hybridized carbons (Fsp3) is 0.467. The van der Waals surface area contributed by atoms with Gasteiger partial charge in [-0.1, -0.05) is 12.1 Å². The van der Waals surface area contributed by atoms with E-state index in [9.17, 15) is 9.59 Å². The first kappa shape index (κ1) is 13.1. The van der Waals surface area contributed by atoms with E-state index in [0.29, 0.717) is 6.42 Å². The summed E-state index contributed by atoms with van der Waals surface area (Å²) in [5.41, 5.74) is 1.53. The van der Waals surface area contributed by atoms with Crippen LogP contribution in [-0.2, 0) is 9.59 Å². The number of carbonyl (C=O) groups excluding carboxylic acids is 2. The first-order chi connectivity index (χ1) is 9.75. The number of amides is 2. The van der Waals surface area contributed by atoms with E-state index in [0.717, 1.165) is 43.7 Å². The Labute approximate surface area is 118 Å². The van der Waals surface area contributed by atoms with E-state index in [2.05, 4.69) is 10.6 Å². The largest absolute Gasteiger partial charge is 0.323 e. The molecule has 1 atom stereocenters. The number of nitrogens with zero attached hydrogens (tertiary/aromatic N) is 1. The highest BCUT2D eigenvalue weighted by molar-refractivity contribution is 6.03. The molecule has 2 N–H and O–H groups in total. The standard InChI is InChI=1S/C15H19N3O2/c19-14-8-4-10-18(14)13-7-2-1-5-11(13)17-15(20)12-6-3-9-16-12/h1-2,5,7,12,16H,3-4,6,8-10H2,(H,17,20)/t12-/m1/s1. The van der Waals surface area contributed by atoms with Gasteiger partial charge >= 0.3 is 0 Å². The minimum absolute atomic E-state index is 0.0124. The summed E-state index contributed by atoms with van der Waals surface area (Å²) in [7, 11) is 0. The smallest absolute Gasteiger partial charge is 0.241 e. The normalized spacial score (nSPS) is 22.3. The summed E-state index contributed by atoms with van der Waals surface area (Å²) in [4.78, 5) is 25.8. The lowest BCUT2D eigenvalue weighted by Gasteiger charge is -2.21. The van der Waals surface area contributed by atoms with Crippen LogP contribution in [0, 0.1) is 0 Å². The van der Waals surface area contributed by atoms with Crippen LogP contribution >= 0.6 is 0 Å². The average molecular weight is 273 g/mol. The third-order valence-corrected chi connectivity index (χ3v) is 3.90. The van der Waals surface area contributed by atoms with E-state index in [1.807, 2.05) is 24.3 Å². The zero-order chi connectivity index (χ0) is 13.9. The van der Waals surface area contributed by atoms with Crippen LogP contribution in [0.1, 0.15) is 25.7 Å². The van der Waals surface area contributed by atoms with Gasteiger partial charge in [-0.2, -0.15) is 0 Å². The number of nitrogens with one attached hydrogen (secondary N) is 2. The third kappa shape index (κ3) is 2.54. The SMILES string of the molecule is O=C(Nc1ccccc1N1CCCC1=O)[C@H]1CCCN1. The predicted octanol–water partition coefficient (Wildman–Crippen LogP) is 1.50. The number of para-hydroxylation sites is 2. The van der Waals surface area contributed by atoms with Gasteiger partial charge in [-0.25, -0.2) is 0 Å². The molecule has 5 nitrogen and oxygen atoms in total. The average Bonchev–Trinajstić information content (AvgIpc) is 3.10. The highest BCUT2D eigenvalue weighted by atomic mass is 16.2. The van der Waals surface area contributed by atoms with Gasteiger partial charge in [0.15, 0.2) is 0 Å². The topological polar surface area (TPSA) is 61.4 Å². The molecule has 2 aliphatic rings. The van der Waals surface area contributed by atoms with Crippen LogP contribution in [0.4, 0.5) is 11.4 Å². The van der Waals surface area contributed by atoms with Crippen LogP contribution in [-0.4, -0.2) is 30.9 Å². The fourth-order valence-electron chi connectivity index (χ4n) is 2.85. The van der Waals surface area contributed by atoms with Crippen LogP contribution in [0.2, 0.25) is 0 Å². The van der Waals surface area contributed by atoms with E-state index < -0.39 is 0 Å². The molecule has 2 heterocycles. The molecule has 0 unspecified atom stereocenters. The van der Waals surface area contributed by atoms with E-state index in [1.54, 1.807) is 4.90 Å². The first-order valence-corrected chi connectivity index (χ1v) is 7.19. The van der Waals surface area contributed by atoms with E-state index >= 15 is 0 Å². The van der Waals surface area contributed by atoms with Crippen molar-refractivity contribution in [3.05, 3.63) is 24.3 Å². The van der Waals surface area contributed by atoms with Crippen molar-refractivity contribution in [1.29, 1.82) is 0 Å². The fourth-order valence-corrected chi connectivity index (χ4v) is 2.85. The number of benzene rings is 1. The molecule has 2 amide bonds. The minimum Gasteiger partial charge on any atom is -0.323 e. The highest BCUT2D eigenvalue weighted by Crippen LogP contribution is 2.29. The molecule has 2 fully saturated rings. The van der Waals surface area contributed by atoms with Gasteiger partial charge in [0.2, 0.25) is 11.8 Å². The molecule has 2 saturated heterocycles. The van der Waals surface area contributed by atoms with Crippen molar-refractivity contribution < 1.29 is 9.59 Å². The van der Waals surface area contributed by atoms with Gasteiger partial charge in [0.25, 0.3) is 0 Å². The molecule has 106 valence electrons. The number of hydrogen-bond donors (Lipinski definition) is 2. The van der Waals surface area contributed by atoms with Crippen LogP contribution in [0.5, 0.6) is 0 Å². The quantitative estimate of drug-likeness (QED) is 0.877. The van der Waals surface area contributed by atoms with Gasteiger partial charge in [-0.3, -0.25) is 9.59 Å². The summed E-state index contributed by atoms with van der Waals surface area (Å²) >= 11 is 0. The third-order valence-electron chi connectivity index (χ3n) is 3.90. The number of carbonyl (C=O) groups is 2. The van der Waals surface area contributed by atoms with Gasteiger partial charge in [0.05, 0.1) is 17.4 Å². The second-order valence-corrected chi connectivity index (χ2v) is 5.30. The molecule has 0 aromatic heterocycles. The van der Waals surface area contributed by atoms with Crippen LogP contribution < -0.4 is 15.5 Å². The molecule has 0 spiro atoms. The number of anilines is 2.